The molecule has 1 fully saturated rings. The predicted molar refractivity (Wildman–Crippen MR) is 70.2 cm³/mol. The van der Waals surface area contributed by atoms with E-state index in [1.807, 2.05) is 0 Å². The maximum atomic E-state index is 13.8. The van der Waals surface area contributed by atoms with Crippen LogP contribution >= 0.6 is 0 Å². The number of benzene rings is 1. The molecule has 0 amide bonds. The second kappa shape index (κ2) is 5.61. The molecule has 1 aliphatic heterocycles. The van der Waals surface area contributed by atoms with Crippen molar-refractivity contribution in [2.24, 2.45) is 5.41 Å². The summed E-state index contributed by atoms with van der Waals surface area (Å²) in [4.78, 5) is 12.7. The van der Waals surface area contributed by atoms with Crippen molar-refractivity contribution in [3.05, 3.63) is 35.6 Å². The van der Waals surface area contributed by atoms with E-state index in [0.717, 1.165) is 32.2 Å². The molecular weight excluding hydrogens is 229 g/mol. The molecule has 2 rings (SSSR count). The van der Waals surface area contributed by atoms with Crippen LogP contribution in [0.1, 0.15) is 43.0 Å². The highest BCUT2D eigenvalue weighted by molar-refractivity contribution is 6.01. The van der Waals surface area contributed by atoms with Crippen molar-refractivity contribution >= 4 is 5.78 Å². The van der Waals surface area contributed by atoms with Crippen molar-refractivity contribution in [1.29, 1.82) is 0 Å². The molecule has 3 heteroatoms. The Hall–Kier alpha value is -1.22. The molecule has 0 spiro atoms. The first-order chi connectivity index (χ1) is 8.69. The third-order valence-corrected chi connectivity index (χ3v) is 3.80. The number of hydrogen-bond acceptors (Lipinski definition) is 2. The Morgan fingerprint density at radius 3 is 2.83 bits per heavy atom. The van der Waals surface area contributed by atoms with Gasteiger partial charge in [0.15, 0.2) is 5.78 Å². The molecule has 1 heterocycles. The van der Waals surface area contributed by atoms with Crippen LogP contribution in [-0.2, 0) is 0 Å². The average Bonchev–Trinajstić information content (AvgIpc) is 2.40. The zero-order valence-corrected chi connectivity index (χ0v) is 10.8. The van der Waals surface area contributed by atoms with E-state index in [0.29, 0.717) is 6.54 Å². The molecule has 1 saturated heterocycles. The first-order valence-electron chi connectivity index (χ1n) is 6.70. The van der Waals surface area contributed by atoms with Gasteiger partial charge in [-0.05, 0) is 37.9 Å². The minimum Gasteiger partial charge on any atom is -0.316 e. The fraction of sp³-hybridized carbons (Fsp3) is 0.533. The number of Topliss-reactive ketones (excluding diaryl/α,β-unsaturated/α-hetero) is 1. The first-order valence-corrected chi connectivity index (χ1v) is 6.70. The van der Waals surface area contributed by atoms with Gasteiger partial charge in [-0.25, -0.2) is 4.39 Å². The van der Waals surface area contributed by atoms with E-state index >= 15 is 0 Å². The molecule has 1 aliphatic rings. The SMILES string of the molecule is CCCC1(C(=O)c2ccccc2F)CCCNC1. The molecule has 1 N–H and O–H groups in total. The molecular formula is C15H20FNO. The Labute approximate surface area is 108 Å². The number of nitrogens with one attached hydrogen (secondary N) is 1. The summed E-state index contributed by atoms with van der Waals surface area (Å²) in [5.41, 5.74) is -0.162. The smallest absolute Gasteiger partial charge is 0.173 e. The van der Waals surface area contributed by atoms with Crippen LogP contribution in [0.2, 0.25) is 0 Å². The zero-order valence-electron chi connectivity index (χ0n) is 10.8. The van der Waals surface area contributed by atoms with Crippen LogP contribution in [-0.4, -0.2) is 18.9 Å². The van der Waals surface area contributed by atoms with E-state index in [4.69, 9.17) is 0 Å². The Morgan fingerprint density at radius 2 is 2.22 bits per heavy atom. The summed E-state index contributed by atoms with van der Waals surface area (Å²) in [6.45, 7) is 3.70. The lowest BCUT2D eigenvalue weighted by atomic mass is 9.71. The highest BCUT2D eigenvalue weighted by atomic mass is 19.1. The van der Waals surface area contributed by atoms with E-state index in [2.05, 4.69) is 12.2 Å². The van der Waals surface area contributed by atoms with Gasteiger partial charge in [-0.2, -0.15) is 0 Å². The van der Waals surface area contributed by atoms with Crippen LogP contribution in [0.15, 0.2) is 24.3 Å². The quantitative estimate of drug-likeness (QED) is 0.830. The van der Waals surface area contributed by atoms with Gasteiger partial charge in [-0.3, -0.25) is 4.79 Å². The Balaban J connectivity index is 2.31. The highest BCUT2D eigenvalue weighted by Gasteiger charge is 2.39. The molecule has 1 atom stereocenters. The summed E-state index contributed by atoms with van der Waals surface area (Å²) in [7, 11) is 0. The molecule has 0 aromatic heterocycles. The van der Waals surface area contributed by atoms with Crippen LogP contribution in [0.3, 0.4) is 0 Å². The number of rotatable bonds is 4. The minimum atomic E-state index is -0.408. The van der Waals surface area contributed by atoms with E-state index < -0.39 is 11.2 Å². The van der Waals surface area contributed by atoms with Gasteiger partial charge in [0.1, 0.15) is 5.82 Å². The fourth-order valence-electron chi connectivity index (χ4n) is 2.90. The third-order valence-electron chi connectivity index (χ3n) is 3.80. The van der Waals surface area contributed by atoms with Crippen molar-refractivity contribution in [2.75, 3.05) is 13.1 Å². The highest BCUT2D eigenvalue weighted by Crippen LogP contribution is 2.35. The Morgan fingerprint density at radius 1 is 1.44 bits per heavy atom. The van der Waals surface area contributed by atoms with Gasteiger partial charge < -0.3 is 5.32 Å². The van der Waals surface area contributed by atoms with Crippen LogP contribution < -0.4 is 5.32 Å². The minimum absolute atomic E-state index is 0.0327. The summed E-state index contributed by atoms with van der Waals surface area (Å²) < 4.78 is 13.8. The van der Waals surface area contributed by atoms with Crippen molar-refractivity contribution in [2.45, 2.75) is 32.6 Å². The topological polar surface area (TPSA) is 29.1 Å². The summed E-state index contributed by atoms with van der Waals surface area (Å²) in [5, 5.41) is 3.29. The number of carbonyl (C=O) groups is 1. The number of halogens is 1. The van der Waals surface area contributed by atoms with E-state index in [1.165, 1.54) is 6.07 Å². The van der Waals surface area contributed by atoms with E-state index in [9.17, 15) is 9.18 Å². The number of ketones is 1. The van der Waals surface area contributed by atoms with Crippen molar-refractivity contribution < 1.29 is 9.18 Å². The molecule has 1 aromatic carbocycles. The predicted octanol–water partition coefficient (Wildman–Crippen LogP) is 3.18. The average molecular weight is 249 g/mol. The third kappa shape index (κ3) is 2.46. The molecule has 1 unspecified atom stereocenters. The van der Waals surface area contributed by atoms with Crippen LogP contribution in [0.4, 0.5) is 4.39 Å². The van der Waals surface area contributed by atoms with Gasteiger partial charge in [0.25, 0.3) is 0 Å². The lowest BCUT2D eigenvalue weighted by molar-refractivity contribution is 0.0713. The first kappa shape index (κ1) is 13.2. The van der Waals surface area contributed by atoms with Crippen molar-refractivity contribution in [3.63, 3.8) is 0 Å². The molecule has 0 bridgehead atoms. The molecule has 1 aromatic rings. The van der Waals surface area contributed by atoms with Gasteiger partial charge in [-0.1, -0.05) is 25.5 Å². The lowest BCUT2D eigenvalue weighted by Crippen LogP contribution is -2.45. The number of piperidine rings is 1. The van der Waals surface area contributed by atoms with Crippen LogP contribution in [0.25, 0.3) is 0 Å². The molecule has 98 valence electrons. The van der Waals surface area contributed by atoms with Crippen molar-refractivity contribution in [3.8, 4) is 0 Å². The zero-order chi connectivity index (χ0) is 13.0. The Kier molecular flexibility index (Phi) is 4.12. The molecule has 18 heavy (non-hydrogen) atoms. The van der Waals surface area contributed by atoms with Crippen LogP contribution in [0, 0.1) is 11.2 Å². The van der Waals surface area contributed by atoms with Gasteiger partial charge in [-0.15, -0.1) is 0 Å². The number of carbonyl (C=O) groups excluding carboxylic acids is 1. The maximum absolute atomic E-state index is 13.8. The maximum Gasteiger partial charge on any atom is 0.173 e. The standard InChI is InChI=1S/C15H20FNO/c1-2-8-15(9-5-10-17-11-15)14(18)12-6-3-4-7-13(12)16/h3-4,6-7,17H,2,5,8-11H2,1H3. The largest absolute Gasteiger partial charge is 0.316 e. The number of hydrogen-bond donors (Lipinski definition) is 1. The Bertz CT molecular complexity index is 419. The summed E-state index contributed by atoms with van der Waals surface area (Å²) in [6.07, 6.45) is 3.62. The summed E-state index contributed by atoms with van der Waals surface area (Å²) in [5.74, 6) is -0.432. The second-order valence-electron chi connectivity index (χ2n) is 5.12. The summed E-state index contributed by atoms with van der Waals surface area (Å²) in [6, 6.07) is 6.32. The van der Waals surface area contributed by atoms with Gasteiger partial charge in [0.2, 0.25) is 0 Å². The second-order valence-corrected chi connectivity index (χ2v) is 5.12. The monoisotopic (exact) mass is 249 g/mol. The molecule has 0 aliphatic carbocycles. The van der Waals surface area contributed by atoms with E-state index in [1.54, 1.807) is 18.2 Å². The van der Waals surface area contributed by atoms with E-state index in [-0.39, 0.29) is 11.3 Å². The van der Waals surface area contributed by atoms with Crippen LogP contribution in [0.5, 0.6) is 0 Å². The van der Waals surface area contributed by atoms with Crippen molar-refractivity contribution in [1.82, 2.24) is 5.32 Å². The fourth-order valence-corrected chi connectivity index (χ4v) is 2.90. The normalized spacial score (nSPS) is 23.9. The lowest BCUT2D eigenvalue weighted by Gasteiger charge is -2.36. The van der Waals surface area contributed by atoms with Gasteiger partial charge >= 0.3 is 0 Å². The molecule has 2 nitrogen and oxygen atoms in total. The molecule has 0 saturated carbocycles. The molecule has 0 radical (unpaired) electrons. The summed E-state index contributed by atoms with van der Waals surface area (Å²) >= 11 is 0. The van der Waals surface area contributed by atoms with Gasteiger partial charge in [0, 0.05) is 12.0 Å². The van der Waals surface area contributed by atoms with Gasteiger partial charge in [0.05, 0.1) is 5.56 Å².